The summed E-state index contributed by atoms with van der Waals surface area (Å²) in [5, 5.41) is 0. The van der Waals surface area contributed by atoms with E-state index in [1.807, 2.05) is 0 Å². The zero-order valence-corrected chi connectivity index (χ0v) is 10.4. The summed E-state index contributed by atoms with van der Waals surface area (Å²) >= 11 is 0. The Morgan fingerprint density at radius 2 is 1.00 bits per heavy atom. The van der Waals surface area contributed by atoms with Crippen LogP contribution >= 0.6 is 0 Å². The highest BCUT2D eigenvalue weighted by molar-refractivity contribution is 5.09. The molecule has 2 aliphatic carbocycles. The SMILES string of the molecule is FC1(C2CCCCC2)OC1(F)C1CCCCC1. The number of hydrogen-bond donors (Lipinski definition) is 0. The average molecular weight is 244 g/mol. The van der Waals surface area contributed by atoms with Gasteiger partial charge >= 0.3 is 0 Å². The minimum atomic E-state index is -1.94. The van der Waals surface area contributed by atoms with Crippen molar-refractivity contribution in [2.24, 2.45) is 11.8 Å². The second-order valence-corrected chi connectivity index (χ2v) is 6.06. The van der Waals surface area contributed by atoms with Crippen molar-refractivity contribution in [3.63, 3.8) is 0 Å². The molecule has 3 fully saturated rings. The molecule has 98 valence electrons. The van der Waals surface area contributed by atoms with Crippen molar-refractivity contribution in [3.8, 4) is 0 Å². The van der Waals surface area contributed by atoms with Crippen LogP contribution in [0.1, 0.15) is 64.2 Å². The smallest absolute Gasteiger partial charge is 0.274 e. The molecule has 0 aromatic rings. The zero-order chi connectivity index (χ0) is 11.9. The number of rotatable bonds is 2. The van der Waals surface area contributed by atoms with Crippen LogP contribution in [-0.2, 0) is 4.74 Å². The molecular formula is C14H22F2O. The second-order valence-electron chi connectivity index (χ2n) is 6.06. The van der Waals surface area contributed by atoms with Gasteiger partial charge in [0.1, 0.15) is 0 Å². The van der Waals surface area contributed by atoms with E-state index < -0.39 is 11.7 Å². The lowest BCUT2D eigenvalue weighted by Gasteiger charge is -2.27. The molecule has 0 aromatic carbocycles. The van der Waals surface area contributed by atoms with Gasteiger partial charge in [0.05, 0.1) is 0 Å². The van der Waals surface area contributed by atoms with Crippen molar-refractivity contribution >= 4 is 0 Å². The van der Waals surface area contributed by atoms with Gasteiger partial charge in [0, 0.05) is 11.8 Å². The molecule has 0 N–H and O–H groups in total. The maximum atomic E-state index is 14.6. The number of epoxide rings is 1. The molecule has 1 saturated heterocycles. The predicted molar refractivity (Wildman–Crippen MR) is 61.9 cm³/mol. The number of hydrogen-bond acceptors (Lipinski definition) is 1. The first-order chi connectivity index (χ1) is 8.17. The maximum Gasteiger partial charge on any atom is 0.274 e. The Morgan fingerprint density at radius 3 is 1.35 bits per heavy atom. The lowest BCUT2D eigenvalue weighted by molar-refractivity contribution is 0.0394. The highest BCUT2D eigenvalue weighted by atomic mass is 19.2. The molecule has 0 spiro atoms. The molecule has 3 rings (SSSR count). The van der Waals surface area contributed by atoms with Crippen LogP contribution in [0.4, 0.5) is 8.78 Å². The van der Waals surface area contributed by atoms with Gasteiger partial charge in [-0.2, -0.15) is 0 Å². The molecule has 2 atom stereocenters. The number of ether oxygens (including phenoxy) is 1. The van der Waals surface area contributed by atoms with E-state index in [1.54, 1.807) is 0 Å². The van der Waals surface area contributed by atoms with Gasteiger partial charge in [-0.25, -0.2) is 8.78 Å². The van der Waals surface area contributed by atoms with Crippen LogP contribution in [0.3, 0.4) is 0 Å². The Morgan fingerprint density at radius 1 is 0.647 bits per heavy atom. The fourth-order valence-electron chi connectivity index (χ4n) is 3.86. The van der Waals surface area contributed by atoms with Crippen LogP contribution < -0.4 is 0 Å². The largest absolute Gasteiger partial charge is 0.298 e. The Bertz CT molecular complexity index is 256. The predicted octanol–water partition coefficient (Wildman–Crippen LogP) is 4.51. The van der Waals surface area contributed by atoms with E-state index in [0.717, 1.165) is 64.2 Å². The Hall–Kier alpha value is -0.180. The topological polar surface area (TPSA) is 12.5 Å². The molecular weight excluding hydrogens is 222 g/mol. The first kappa shape index (κ1) is 11.9. The summed E-state index contributed by atoms with van der Waals surface area (Å²) in [4.78, 5) is 0. The highest BCUT2D eigenvalue weighted by Crippen LogP contribution is 2.64. The van der Waals surface area contributed by atoms with Gasteiger partial charge < -0.3 is 0 Å². The summed E-state index contributed by atoms with van der Waals surface area (Å²) in [7, 11) is 0. The molecule has 0 radical (unpaired) electrons. The van der Waals surface area contributed by atoms with Crippen molar-refractivity contribution in [1.29, 1.82) is 0 Å². The van der Waals surface area contributed by atoms with Crippen LogP contribution in [0.25, 0.3) is 0 Å². The van der Waals surface area contributed by atoms with Crippen LogP contribution in [0.15, 0.2) is 0 Å². The lowest BCUT2D eigenvalue weighted by Crippen LogP contribution is -2.34. The van der Waals surface area contributed by atoms with Gasteiger partial charge in [0.2, 0.25) is 0 Å². The summed E-state index contributed by atoms with van der Waals surface area (Å²) in [6, 6.07) is 0. The standard InChI is InChI=1S/C14H22F2O/c15-13(11-7-3-1-4-8-11)14(16,17-13)12-9-5-2-6-10-12/h11-12H,1-10H2. The van der Waals surface area contributed by atoms with Gasteiger partial charge in [-0.3, -0.25) is 4.74 Å². The molecule has 2 unspecified atom stereocenters. The fraction of sp³-hybridized carbons (Fsp3) is 1.00. The molecule has 1 nitrogen and oxygen atoms in total. The van der Waals surface area contributed by atoms with E-state index in [9.17, 15) is 8.78 Å². The van der Waals surface area contributed by atoms with Gasteiger partial charge in [0.15, 0.2) is 0 Å². The Balaban J connectivity index is 1.68. The minimum Gasteiger partial charge on any atom is -0.298 e. The molecule has 1 aliphatic heterocycles. The third-order valence-electron chi connectivity index (χ3n) is 4.98. The third kappa shape index (κ3) is 1.81. The monoisotopic (exact) mass is 244 g/mol. The molecule has 0 aromatic heterocycles. The number of alkyl halides is 2. The van der Waals surface area contributed by atoms with Crippen molar-refractivity contribution < 1.29 is 13.5 Å². The zero-order valence-electron chi connectivity index (χ0n) is 10.4. The van der Waals surface area contributed by atoms with Crippen LogP contribution in [0.5, 0.6) is 0 Å². The Labute approximate surface area is 102 Å². The molecule has 1 heterocycles. The lowest BCUT2D eigenvalue weighted by atomic mass is 9.78. The first-order valence-corrected chi connectivity index (χ1v) is 7.25. The second kappa shape index (κ2) is 4.18. The van der Waals surface area contributed by atoms with E-state index in [4.69, 9.17) is 4.74 Å². The maximum absolute atomic E-state index is 14.6. The van der Waals surface area contributed by atoms with Crippen molar-refractivity contribution in [2.45, 2.75) is 75.9 Å². The summed E-state index contributed by atoms with van der Waals surface area (Å²) < 4.78 is 34.3. The van der Waals surface area contributed by atoms with Crippen molar-refractivity contribution in [3.05, 3.63) is 0 Å². The summed E-state index contributed by atoms with van der Waals surface area (Å²) in [5.41, 5.74) is 0. The van der Waals surface area contributed by atoms with Gasteiger partial charge in [-0.05, 0) is 25.7 Å². The normalized spacial score (nSPS) is 44.8. The van der Waals surface area contributed by atoms with E-state index in [2.05, 4.69) is 0 Å². The average Bonchev–Trinajstić information content (AvgIpc) is 2.97. The van der Waals surface area contributed by atoms with Crippen molar-refractivity contribution in [1.82, 2.24) is 0 Å². The van der Waals surface area contributed by atoms with E-state index in [1.165, 1.54) is 0 Å². The van der Waals surface area contributed by atoms with Crippen LogP contribution in [0.2, 0.25) is 0 Å². The fourth-order valence-corrected chi connectivity index (χ4v) is 3.86. The summed E-state index contributed by atoms with van der Waals surface area (Å²) in [5.74, 6) is -4.25. The molecule has 0 bridgehead atoms. The van der Waals surface area contributed by atoms with Crippen LogP contribution in [-0.4, -0.2) is 11.7 Å². The van der Waals surface area contributed by atoms with E-state index in [-0.39, 0.29) is 11.8 Å². The Kier molecular flexibility index (Phi) is 2.92. The molecule has 0 amide bonds. The summed E-state index contributed by atoms with van der Waals surface area (Å²) in [6.45, 7) is 0. The third-order valence-corrected chi connectivity index (χ3v) is 4.98. The quantitative estimate of drug-likeness (QED) is 0.651. The molecule has 3 aliphatic rings. The highest BCUT2D eigenvalue weighted by Gasteiger charge is 2.79. The molecule has 17 heavy (non-hydrogen) atoms. The van der Waals surface area contributed by atoms with Gasteiger partial charge in [-0.1, -0.05) is 38.5 Å². The van der Waals surface area contributed by atoms with Crippen molar-refractivity contribution in [2.75, 3.05) is 0 Å². The van der Waals surface area contributed by atoms with E-state index >= 15 is 0 Å². The van der Waals surface area contributed by atoms with Gasteiger partial charge in [-0.15, -0.1) is 0 Å². The molecule has 2 saturated carbocycles. The number of halogens is 2. The van der Waals surface area contributed by atoms with Crippen LogP contribution in [0, 0.1) is 11.8 Å². The first-order valence-electron chi connectivity index (χ1n) is 7.25. The summed E-state index contributed by atoms with van der Waals surface area (Å²) in [6.07, 6.45) is 9.64. The van der Waals surface area contributed by atoms with Gasteiger partial charge in [0.25, 0.3) is 11.7 Å². The van der Waals surface area contributed by atoms with E-state index in [0.29, 0.717) is 0 Å². The molecule has 3 heteroatoms. The minimum absolute atomic E-state index is 0.192.